The van der Waals surface area contributed by atoms with Gasteiger partial charge in [0.1, 0.15) is 0 Å². The molecule has 1 aliphatic rings. The van der Waals surface area contributed by atoms with Gasteiger partial charge in [0.05, 0.1) is 18.3 Å². The Morgan fingerprint density at radius 2 is 1.95 bits per heavy atom. The van der Waals surface area contributed by atoms with Crippen LogP contribution < -0.4 is 4.72 Å². The van der Waals surface area contributed by atoms with Crippen LogP contribution in [-0.2, 0) is 19.6 Å². The molecule has 0 radical (unpaired) electrons. The zero-order valence-electron chi connectivity index (χ0n) is 13.4. The quantitative estimate of drug-likeness (QED) is 0.663. The van der Waals surface area contributed by atoms with Crippen molar-refractivity contribution in [2.45, 2.75) is 76.5 Å². The first-order valence-corrected chi connectivity index (χ1v) is 9.59. The zero-order valence-corrected chi connectivity index (χ0v) is 14.2. The van der Waals surface area contributed by atoms with Crippen molar-refractivity contribution in [2.24, 2.45) is 5.92 Å². The van der Waals surface area contributed by atoms with Crippen LogP contribution in [0.25, 0.3) is 0 Å². The Labute approximate surface area is 128 Å². The van der Waals surface area contributed by atoms with E-state index in [-0.39, 0.29) is 6.04 Å². The van der Waals surface area contributed by atoms with Gasteiger partial charge in [-0.15, -0.1) is 0 Å². The molecular formula is C15H29NO4S. The van der Waals surface area contributed by atoms with Gasteiger partial charge in [-0.25, -0.2) is 13.1 Å². The number of unbranched alkanes of at least 4 members (excludes halogenated alkanes) is 1. The molecule has 1 rings (SSSR count). The first-order valence-electron chi connectivity index (χ1n) is 8.05. The van der Waals surface area contributed by atoms with Crippen LogP contribution in [0.4, 0.5) is 0 Å². The predicted molar refractivity (Wildman–Crippen MR) is 83.4 cm³/mol. The van der Waals surface area contributed by atoms with Gasteiger partial charge in [0.2, 0.25) is 10.0 Å². The SMILES string of the molecule is CCCCC(CCC)NS(=O)(=O)C1CCCC1C(=O)OC. The van der Waals surface area contributed by atoms with Crippen molar-refractivity contribution in [1.82, 2.24) is 4.72 Å². The molecule has 0 aromatic rings. The van der Waals surface area contributed by atoms with Gasteiger partial charge in [-0.3, -0.25) is 4.79 Å². The van der Waals surface area contributed by atoms with Crippen molar-refractivity contribution < 1.29 is 17.9 Å². The van der Waals surface area contributed by atoms with E-state index in [4.69, 9.17) is 4.74 Å². The van der Waals surface area contributed by atoms with Crippen LogP contribution in [0.2, 0.25) is 0 Å². The summed E-state index contributed by atoms with van der Waals surface area (Å²) in [7, 11) is -2.15. The maximum absolute atomic E-state index is 12.6. The molecular weight excluding hydrogens is 290 g/mol. The first kappa shape index (κ1) is 18.4. The molecule has 3 unspecified atom stereocenters. The van der Waals surface area contributed by atoms with E-state index in [0.29, 0.717) is 12.8 Å². The largest absolute Gasteiger partial charge is 0.469 e. The minimum atomic E-state index is -3.47. The fourth-order valence-corrected chi connectivity index (χ4v) is 5.13. The number of hydrogen-bond acceptors (Lipinski definition) is 4. The molecule has 1 aliphatic carbocycles. The molecule has 0 heterocycles. The van der Waals surface area contributed by atoms with E-state index < -0.39 is 27.2 Å². The van der Waals surface area contributed by atoms with E-state index in [2.05, 4.69) is 18.6 Å². The van der Waals surface area contributed by atoms with E-state index in [9.17, 15) is 13.2 Å². The Kier molecular flexibility index (Phi) is 7.66. The highest BCUT2D eigenvalue weighted by atomic mass is 32.2. The number of nitrogens with one attached hydrogen (secondary N) is 1. The maximum Gasteiger partial charge on any atom is 0.310 e. The van der Waals surface area contributed by atoms with Gasteiger partial charge in [-0.1, -0.05) is 39.5 Å². The average molecular weight is 319 g/mol. The summed E-state index contributed by atoms with van der Waals surface area (Å²) in [6.07, 6.45) is 6.62. The zero-order chi connectivity index (χ0) is 15.9. The third-order valence-electron chi connectivity index (χ3n) is 4.23. The summed E-state index contributed by atoms with van der Waals surface area (Å²) in [5, 5.41) is -0.633. The third-order valence-corrected chi connectivity index (χ3v) is 6.25. The maximum atomic E-state index is 12.6. The number of sulfonamides is 1. The van der Waals surface area contributed by atoms with E-state index in [0.717, 1.165) is 38.5 Å². The smallest absolute Gasteiger partial charge is 0.310 e. The summed E-state index contributed by atoms with van der Waals surface area (Å²) in [6, 6.07) is -0.0150. The average Bonchev–Trinajstić information content (AvgIpc) is 2.94. The molecule has 1 saturated carbocycles. The number of hydrogen-bond donors (Lipinski definition) is 1. The lowest BCUT2D eigenvalue weighted by Gasteiger charge is -2.23. The fourth-order valence-electron chi connectivity index (χ4n) is 3.10. The fraction of sp³-hybridized carbons (Fsp3) is 0.933. The standard InChI is InChI=1S/C15H29NO4S/c1-4-6-9-12(8-5-2)16-21(18,19)14-11-7-10-13(14)15(17)20-3/h12-14,16H,4-11H2,1-3H3. The molecule has 0 aliphatic heterocycles. The van der Waals surface area contributed by atoms with Crippen LogP contribution >= 0.6 is 0 Å². The number of esters is 1. The van der Waals surface area contributed by atoms with Crippen LogP contribution in [0.1, 0.15) is 65.2 Å². The Hall–Kier alpha value is -0.620. The first-order chi connectivity index (χ1) is 9.96. The summed E-state index contributed by atoms with van der Waals surface area (Å²) >= 11 is 0. The van der Waals surface area contributed by atoms with Gasteiger partial charge in [-0.2, -0.15) is 0 Å². The number of carbonyl (C=O) groups is 1. The molecule has 0 spiro atoms. The predicted octanol–water partition coefficient (Wildman–Crippen LogP) is 2.61. The summed E-state index contributed by atoms with van der Waals surface area (Å²) < 4.78 is 32.8. The molecule has 1 fully saturated rings. The molecule has 3 atom stereocenters. The van der Waals surface area contributed by atoms with Crippen molar-refractivity contribution in [3.63, 3.8) is 0 Å². The molecule has 0 amide bonds. The monoisotopic (exact) mass is 319 g/mol. The van der Waals surface area contributed by atoms with Crippen molar-refractivity contribution in [1.29, 1.82) is 0 Å². The van der Waals surface area contributed by atoms with Crippen LogP contribution in [-0.4, -0.2) is 32.8 Å². The molecule has 0 bridgehead atoms. The van der Waals surface area contributed by atoms with Crippen LogP contribution in [0.5, 0.6) is 0 Å². The molecule has 6 heteroatoms. The van der Waals surface area contributed by atoms with Crippen molar-refractivity contribution in [2.75, 3.05) is 7.11 Å². The molecule has 5 nitrogen and oxygen atoms in total. The molecule has 1 N–H and O–H groups in total. The minimum absolute atomic E-state index is 0.0150. The summed E-state index contributed by atoms with van der Waals surface area (Å²) in [5.74, 6) is -0.913. The highest BCUT2D eigenvalue weighted by Gasteiger charge is 2.42. The van der Waals surface area contributed by atoms with Crippen LogP contribution in [0, 0.1) is 5.92 Å². The van der Waals surface area contributed by atoms with Crippen LogP contribution in [0.3, 0.4) is 0 Å². The van der Waals surface area contributed by atoms with E-state index in [1.807, 2.05) is 0 Å². The van der Waals surface area contributed by atoms with Gasteiger partial charge in [0.15, 0.2) is 0 Å². The highest BCUT2D eigenvalue weighted by Crippen LogP contribution is 2.32. The lowest BCUT2D eigenvalue weighted by Crippen LogP contribution is -2.44. The van der Waals surface area contributed by atoms with Gasteiger partial charge in [0, 0.05) is 6.04 Å². The Balaban J connectivity index is 2.75. The minimum Gasteiger partial charge on any atom is -0.469 e. The lowest BCUT2D eigenvalue weighted by atomic mass is 10.1. The molecule has 0 saturated heterocycles. The topological polar surface area (TPSA) is 72.5 Å². The number of methoxy groups -OCH3 is 1. The van der Waals surface area contributed by atoms with Gasteiger partial charge in [0.25, 0.3) is 0 Å². The number of ether oxygens (including phenoxy) is 1. The van der Waals surface area contributed by atoms with Gasteiger partial charge >= 0.3 is 5.97 Å². The summed E-state index contributed by atoms with van der Waals surface area (Å²) in [5.41, 5.74) is 0. The third kappa shape index (κ3) is 5.25. The van der Waals surface area contributed by atoms with Crippen molar-refractivity contribution in [3.8, 4) is 0 Å². The van der Waals surface area contributed by atoms with Crippen molar-refractivity contribution >= 4 is 16.0 Å². The lowest BCUT2D eigenvalue weighted by molar-refractivity contribution is -0.145. The molecule has 21 heavy (non-hydrogen) atoms. The molecule has 0 aromatic heterocycles. The number of carbonyl (C=O) groups excluding carboxylic acids is 1. The summed E-state index contributed by atoms with van der Waals surface area (Å²) in [6.45, 7) is 4.15. The number of rotatable bonds is 9. The Bertz CT molecular complexity index is 421. The normalized spacial score (nSPS) is 24.0. The second kappa shape index (κ2) is 8.73. The van der Waals surface area contributed by atoms with Gasteiger partial charge < -0.3 is 4.74 Å². The highest BCUT2D eigenvalue weighted by molar-refractivity contribution is 7.90. The molecule has 124 valence electrons. The Morgan fingerprint density at radius 3 is 2.52 bits per heavy atom. The van der Waals surface area contributed by atoms with Crippen molar-refractivity contribution in [3.05, 3.63) is 0 Å². The van der Waals surface area contributed by atoms with E-state index in [1.54, 1.807) is 0 Å². The summed E-state index contributed by atoms with van der Waals surface area (Å²) in [4.78, 5) is 11.7. The van der Waals surface area contributed by atoms with Gasteiger partial charge in [-0.05, 0) is 25.7 Å². The van der Waals surface area contributed by atoms with Crippen LogP contribution in [0.15, 0.2) is 0 Å². The second-order valence-electron chi connectivity index (χ2n) is 5.89. The second-order valence-corrected chi connectivity index (χ2v) is 7.82. The molecule has 0 aromatic carbocycles. The van der Waals surface area contributed by atoms with E-state index in [1.165, 1.54) is 7.11 Å². The van der Waals surface area contributed by atoms with E-state index >= 15 is 0 Å². The Morgan fingerprint density at radius 1 is 1.24 bits per heavy atom.